The molecule has 1 N–H and O–H groups in total. The van der Waals surface area contributed by atoms with Crippen LogP contribution in [0.25, 0.3) is 0 Å². The number of halogens is 3. The number of aliphatic hydroxyl groups is 1. The average molecular weight is 379 g/mol. The number of alkyl halides is 3. The van der Waals surface area contributed by atoms with Crippen LogP contribution in [0.2, 0.25) is 0 Å². The number of rotatable bonds is 4. The van der Waals surface area contributed by atoms with Crippen LogP contribution in [0.1, 0.15) is 28.8 Å². The van der Waals surface area contributed by atoms with Gasteiger partial charge >= 0.3 is 6.18 Å². The Morgan fingerprint density at radius 2 is 1.96 bits per heavy atom. The molecule has 2 unspecified atom stereocenters. The molecular weight excluding hydrogens is 359 g/mol. The van der Waals surface area contributed by atoms with E-state index in [1.807, 2.05) is 19.1 Å². The topological polar surface area (TPSA) is 49.8 Å². The summed E-state index contributed by atoms with van der Waals surface area (Å²) in [5.41, 5.74) is 1.14. The molecule has 144 valence electrons. The maximum atomic E-state index is 12.9. The van der Waals surface area contributed by atoms with Crippen LogP contribution >= 0.6 is 0 Å². The Balaban J connectivity index is 1.87. The van der Waals surface area contributed by atoms with Gasteiger partial charge in [0, 0.05) is 6.54 Å². The van der Waals surface area contributed by atoms with Crippen molar-refractivity contribution in [1.82, 2.24) is 4.90 Å². The molecule has 3 rings (SSSR count). The minimum Gasteiger partial charge on any atom is -0.457 e. The molecule has 0 bridgehead atoms. The Hall–Kier alpha value is -2.54. The van der Waals surface area contributed by atoms with E-state index in [-0.39, 0.29) is 24.3 Å². The largest absolute Gasteiger partial charge is 0.457 e. The van der Waals surface area contributed by atoms with E-state index < -0.39 is 24.2 Å². The predicted molar refractivity (Wildman–Crippen MR) is 93.8 cm³/mol. The molecule has 1 aliphatic heterocycles. The van der Waals surface area contributed by atoms with Gasteiger partial charge in [-0.15, -0.1) is 0 Å². The van der Waals surface area contributed by atoms with Gasteiger partial charge in [-0.25, -0.2) is 0 Å². The minimum absolute atomic E-state index is 0.104. The van der Waals surface area contributed by atoms with Crippen molar-refractivity contribution < 1.29 is 27.8 Å². The van der Waals surface area contributed by atoms with Crippen LogP contribution in [0, 0.1) is 6.92 Å². The van der Waals surface area contributed by atoms with Gasteiger partial charge in [0.25, 0.3) is 5.91 Å². The molecule has 2 aromatic carbocycles. The second kappa shape index (κ2) is 7.60. The van der Waals surface area contributed by atoms with Crippen LogP contribution in [0.5, 0.6) is 11.5 Å². The van der Waals surface area contributed by atoms with Gasteiger partial charge < -0.3 is 14.7 Å². The summed E-state index contributed by atoms with van der Waals surface area (Å²) in [6.07, 6.45) is -6.82. The van der Waals surface area contributed by atoms with E-state index in [2.05, 4.69) is 0 Å². The molecule has 1 heterocycles. The Kier molecular flexibility index (Phi) is 5.41. The highest BCUT2D eigenvalue weighted by Crippen LogP contribution is 2.33. The van der Waals surface area contributed by atoms with Gasteiger partial charge in [0.05, 0.1) is 11.6 Å². The van der Waals surface area contributed by atoms with E-state index in [1.165, 1.54) is 6.07 Å². The highest BCUT2D eigenvalue weighted by molar-refractivity contribution is 5.97. The zero-order valence-electron chi connectivity index (χ0n) is 14.7. The third kappa shape index (κ3) is 4.24. The number of carbonyl (C=O) groups is 1. The first-order chi connectivity index (χ1) is 12.8. The number of amides is 1. The molecule has 0 aromatic heterocycles. The second-order valence-electron chi connectivity index (χ2n) is 6.61. The first-order valence-corrected chi connectivity index (χ1v) is 8.66. The quantitative estimate of drug-likeness (QED) is 0.861. The standard InChI is InChI=1S/C20H20F3NO3/c1-13-6-4-7-14(12-13)27-17-10-3-2-8-15(17)19(26)24-11-5-9-16(24)18(25)20(21,22)23/h2-4,6-8,10,12,16,18,25H,5,9,11H2,1H3. The smallest absolute Gasteiger partial charge is 0.416 e. The molecule has 1 aliphatic rings. The zero-order chi connectivity index (χ0) is 19.6. The predicted octanol–water partition coefficient (Wildman–Crippen LogP) is 4.32. The van der Waals surface area contributed by atoms with Crippen molar-refractivity contribution in [2.24, 2.45) is 0 Å². The molecule has 1 saturated heterocycles. The second-order valence-corrected chi connectivity index (χ2v) is 6.61. The minimum atomic E-state index is -4.77. The van der Waals surface area contributed by atoms with Crippen LogP contribution in [0.3, 0.4) is 0 Å². The number of carbonyl (C=O) groups excluding carboxylic acids is 1. The lowest BCUT2D eigenvalue weighted by atomic mass is 10.1. The molecule has 7 heteroatoms. The fourth-order valence-corrected chi connectivity index (χ4v) is 3.28. The molecule has 1 fully saturated rings. The van der Waals surface area contributed by atoms with E-state index in [0.717, 1.165) is 10.5 Å². The Morgan fingerprint density at radius 1 is 1.22 bits per heavy atom. The number of aryl methyl sites for hydroxylation is 1. The maximum absolute atomic E-state index is 12.9. The molecule has 0 aliphatic carbocycles. The van der Waals surface area contributed by atoms with Gasteiger partial charge in [-0.05, 0) is 49.6 Å². The molecule has 0 saturated carbocycles. The van der Waals surface area contributed by atoms with E-state index in [1.54, 1.807) is 30.3 Å². The molecule has 4 nitrogen and oxygen atoms in total. The fourth-order valence-electron chi connectivity index (χ4n) is 3.28. The molecule has 1 amide bonds. The van der Waals surface area contributed by atoms with Gasteiger partial charge in [-0.3, -0.25) is 4.79 Å². The number of hydrogen-bond donors (Lipinski definition) is 1. The van der Waals surface area contributed by atoms with Crippen molar-refractivity contribution >= 4 is 5.91 Å². The van der Waals surface area contributed by atoms with E-state index >= 15 is 0 Å². The molecule has 0 radical (unpaired) electrons. The summed E-state index contributed by atoms with van der Waals surface area (Å²) >= 11 is 0. The average Bonchev–Trinajstić information content (AvgIpc) is 3.09. The van der Waals surface area contributed by atoms with Crippen molar-refractivity contribution in [3.05, 3.63) is 59.7 Å². The Morgan fingerprint density at radius 3 is 2.67 bits per heavy atom. The first kappa shape index (κ1) is 19.2. The van der Waals surface area contributed by atoms with Crippen LogP contribution in [-0.2, 0) is 0 Å². The lowest BCUT2D eigenvalue weighted by Gasteiger charge is -2.30. The molecule has 0 spiro atoms. The van der Waals surface area contributed by atoms with Crippen molar-refractivity contribution in [2.75, 3.05) is 6.54 Å². The molecular formula is C20H20F3NO3. The van der Waals surface area contributed by atoms with Gasteiger partial charge in [-0.2, -0.15) is 13.2 Å². The molecule has 27 heavy (non-hydrogen) atoms. The van der Waals surface area contributed by atoms with Gasteiger partial charge in [0.1, 0.15) is 11.5 Å². The summed E-state index contributed by atoms with van der Waals surface area (Å²) in [7, 11) is 0. The van der Waals surface area contributed by atoms with E-state index in [0.29, 0.717) is 12.2 Å². The lowest BCUT2D eigenvalue weighted by molar-refractivity contribution is -0.216. The summed E-state index contributed by atoms with van der Waals surface area (Å²) in [6, 6.07) is 12.4. The molecule has 2 atom stereocenters. The maximum Gasteiger partial charge on any atom is 0.416 e. The van der Waals surface area contributed by atoms with Gasteiger partial charge in [-0.1, -0.05) is 24.3 Å². The van der Waals surface area contributed by atoms with Crippen LogP contribution < -0.4 is 4.74 Å². The molecule has 2 aromatic rings. The monoisotopic (exact) mass is 379 g/mol. The number of hydrogen-bond acceptors (Lipinski definition) is 3. The number of likely N-dealkylation sites (tertiary alicyclic amines) is 1. The normalized spacial score (nSPS) is 18.4. The number of ether oxygens (including phenoxy) is 1. The van der Waals surface area contributed by atoms with Gasteiger partial charge in [0.2, 0.25) is 0 Å². The SMILES string of the molecule is Cc1cccc(Oc2ccccc2C(=O)N2CCCC2C(O)C(F)(F)F)c1. The van der Waals surface area contributed by atoms with Crippen LogP contribution in [-0.4, -0.2) is 40.8 Å². The number of benzene rings is 2. The number of aliphatic hydroxyl groups excluding tert-OH is 1. The van der Waals surface area contributed by atoms with E-state index in [4.69, 9.17) is 4.74 Å². The summed E-state index contributed by atoms with van der Waals surface area (Å²) in [6.45, 7) is 2.06. The van der Waals surface area contributed by atoms with Crippen molar-refractivity contribution in [1.29, 1.82) is 0 Å². The first-order valence-electron chi connectivity index (χ1n) is 8.66. The summed E-state index contributed by atoms with van der Waals surface area (Å²) < 4.78 is 44.6. The fraction of sp³-hybridized carbons (Fsp3) is 0.350. The highest BCUT2D eigenvalue weighted by Gasteiger charge is 2.48. The zero-order valence-corrected chi connectivity index (χ0v) is 14.7. The summed E-state index contributed by atoms with van der Waals surface area (Å²) in [5.74, 6) is 0.216. The Labute approximate surface area is 155 Å². The van der Waals surface area contributed by atoms with E-state index in [9.17, 15) is 23.1 Å². The van der Waals surface area contributed by atoms with Crippen molar-refractivity contribution in [3.63, 3.8) is 0 Å². The number of para-hydroxylation sites is 1. The third-order valence-electron chi connectivity index (χ3n) is 4.59. The summed E-state index contributed by atoms with van der Waals surface area (Å²) in [5, 5.41) is 9.64. The summed E-state index contributed by atoms with van der Waals surface area (Å²) in [4.78, 5) is 14.0. The van der Waals surface area contributed by atoms with Crippen molar-refractivity contribution in [2.45, 2.75) is 38.1 Å². The lowest BCUT2D eigenvalue weighted by Crippen LogP contribution is -2.49. The Bertz CT molecular complexity index is 822. The van der Waals surface area contributed by atoms with Crippen LogP contribution in [0.4, 0.5) is 13.2 Å². The van der Waals surface area contributed by atoms with Crippen LogP contribution in [0.15, 0.2) is 48.5 Å². The third-order valence-corrected chi connectivity index (χ3v) is 4.59. The van der Waals surface area contributed by atoms with Crippen molar-refractivity contribution in [3.8, 4) is 11.5 Å². The van der Waals surface area contributed by atoms with Gasteiger partial charge in [0.15, 0.2) is 6.10 Å². The number of nitrogens with zero attached hydrogens (tertiary/aromatic N) is 1. The highest BCUT2D eigenvalue weighted by atomic mass is 19.4.